The highest BCUT2D eigenvalue weighted by atomic mass is 16.4. The van der Waals surface area contributed by atoms with E-state index in [9.17, 15) is 9.59 Å². The van der Waals surface area contributed by atoms with Crippen LogP contribution in [0.5, 0.6) is 0 Å². The standard InChI is InChI=1S/C8H6O4.C8H16O2.C3H9NO/c9-7(10)5-2-1-3-6(4-5)8(11)12;9-5-7-1-2-8(6-10)4-3-7;1-3(5)2-4/h1-4H,(H,9,10)(H,11,12);7-10H,1-6H2;3,5H,2,4H2,1H3. The Hall–Kier alpha value is -2.00. The van der Waals surface area contributed by atoms with Crippen LogP contribution in [-0.4, -0.2) is 63.3 Å². The summed E-state index contributed by atoms with van der Waals surface area (Å²) in [5, 5.41) is 42.8. The first-order chi connectivity index (χ1) is 12.7. The first-order valence-electron chi connectivity index (χ1n) is 8.91. The minimum absolute atomic E-state index is 0.0186. The molecule has 154 valence electrons. The molecule has 0 heterocycles. The van der Waals surface area contributed by atoms with Gasteiger partial charge in [0.05, 0.1) is 17.2 Å². The van der Waals surface area contributed by atoms with Gasteiger partial charge < -0.3 is 31.3 Å². The number of carboxylic acids is 2. The number of hydrogen-bond donors (Lipinski definition) is 6. The van der Waals surface area contributed by atoms with Gasteiger partial charge >= 0.3 is 11.9 Å². The third-order valence-electron chi connectivity index (χ3n) is 4.18. The summed E-state index contributed by atoms with van der Waals surface area (Å²) >= 11 is 0. The van der Waals surface area contributed by atoms with Crippen molar-refractivity contribution in [3.63, 3.8) is 0 Å². The molecule has 7 N–H and O–H groups in total. The zero-order valence-corrected chi connectivity index (χ0v) is 15.6. The van der Waals surface area contributed by atoms with Crippen molar-refractivity contribution in [3.8, 4) is 0 Å². The summed E-state index contributed by atoms with van der Waals surface area (Å²) in [6.07, 6.45) is 4.06. The van der Waals surface area contributed by atoms with Crippen molar-refractivity contribution in [3.05, 3.63) is 35.4 Å². The van der Waals surface area contributed by atoms with Gasteiger partial charge in [0.1, 0.15) is 0 Å². The molecule has 0 amide bonds. The SMILES string of the molecule is CC(O)CN.O=C(O)c1cccc(C(=O)O)c1.OCC1CCC(CO)CC1. The van der Waals surface area contributed by atoms with Gasteiger partial charge in [-0.15, -0.1) is 0 Å². The van der Waals surface area contributed by atoms with Crippen LogP contribution in [0.4, 0.5) is 0 Å². The monoisotopic (exact) mass is 385 g/mol. The first kappa shape index (κ1) is 25.0. The molecule has 2 rings (SSSR count). The zero-order valence-electron chi connectivity index (χ0n) is 15.6. The van der Waals surface area contributed by atoms with E-state index in [0.29, 0.717) is 31.6 Å². The second-order valence-corrected chi connectivity index (χ2v) is 6.53. The van der Waals surface area contributed by atoms with Gasteiger partial charge in [0.2, 0.25) is 0 Å². The molecule has 0 spiro atoms. The second-order valence-electron chi connectivity index (χ2n) is 6.53. The summed E-state index contributed by atoms with van der Waals surface area (Å²) in [5.41, 5.74) is 4.88. The van der Waals surface area contributed by atoms with Crippen LogP contribution in [0, 0.1) is 11.8 Å². The van der Waals surface area contributed by atoms with Crippen molar-refractivity contribution < 1.29 is 35.1 Å². The van der Waals surface area contributed by atoms with Gasteiger partial charge in [0, 0.05) is 19.8 Å². The highest BCUT2D eigenvalue weighted by molar-refractivity contribution is 5.93. The van der Waals surface area contributed by atoms with E-state index in [1.165, 1.54) is 18.2 Å². The molecule has 1 saturated carbocycles. The number of benzene rings is 1. The number of rotatable bonds is 5. The van der Waals surface area contributed by atoms with E-state index in [-0.39, 0.29) is 17.2 Å². The molecule has 27 heavy (non-hydrogen) atoms. The van der Waals surface area contributed by atoms with E-state index in [1.54, 1.807) is 6.92 Å². The molecule has 1 fully saturated rings. The molecule has 1 aliphatic rings. The maximum absolute atomic E-state index is 10.4. The lowest BCUT2D eigenvalue weighted by molar-refractivity contribution is 0.0696. The van der Waals surface area contributed by atoms with Crippen molar-refractivity contribution in [1.82, 2.24) is 0 Å². The topological polar surface area (TPSA) is 161 Å². The summed E-state index contributed by atoms with van der Waals surface area (Å²) in [4.78, 5) is 20.8. The molecular formula is C19H31NO7. The van der Waals surface area contributed by atoms with Gasteiger partial charge in [-0.3, -0.25) is 0 Å². The Morgan fingerprint density at radius 3 is 1.56 bits per heavy atom. The number of nitrogens with two attached hydrogens (primary N) is 1. The molecule has 8 heteroatoms. The number of aliphatic hydroxyl groups is 3. The first-order valence-corrected chi connectivity index (χ1v) is 8.91. The van der Waals surface area contributed by atoms with E-state index >= 15 is 0 Å². The number of aliphatic hydroxyl groups excluding tert-OH is 3. The molecule has 1 unspecified atom stereocenters. The molecule has 1 aromatic rings. The van der Waals surface area contributed by atoms with Crippen LogP contribution in [-0.2, 0) is 0 Å². The van der Waals surface area contributed by atoms with Crippen LogP contribution < -0.4 is 5.73 Å². The fraction of sp³-hybridized carbons (Fsp3) is 0.579. The zero-order chi connectivity index (χ0) is 20.8. The predicted octanol–water partition coefficient (Wildman–Crippen LogP) is 1.19. The van der Waals surface area contributed by atoms with Crippen molar-refractivity contribution in [1.29, 1.82) is 0 Å². The van der Waals surface area contributed by atoms with Gasteiger partial charge in [0.15, 0.2) is 0 Å². The maximum Gasteiger partial charge on any atom is 0.335 e. The Morgan fingerprint density at radius 2 is 1.33 bits per heavy atom. The molecule has 0 bridgehead atoms. The normalized spacial score (nSPS) is 19.6. The Balaban J connectivity index is 0.000000408. The fourth-order valence-electron chi connectivity index (χ4n) is 2.38. The number of carboxylic acid groups (broad SMARTS) is 2. The average molecular weight is 385 g/mol. The smallest absolute Gasteiger partial charge is 0.335 e. The van der Waals surface area contributed by atoms with Gasteiger partial charge in [-0.1, -0.05) is 6.07 Å². The summed E-state index contributed by atoms with van der Waals surface area (Å²) < 4.78 is 0. The highest BCUT2D eigenvalue weighted by Gasteiger charge is 2.19. The lowest BCUT2D eigenvalue weighted by Crippen LogP contribution is -2.19. The van der Waals surface area contributed by atoms with Crippen LogP contribution >= 0.6 is 0 Å². The molecule has 8 nitrogen and oxygen atoms in total. The van der Waals surface area contributed by atoms with Crippen LogP contribution in [0.25, 0.3) is 0 Å². The number of aromatic carboxylic acids is 2. The third kappa shape index (κ3) is 11.3. The quantitative estimate of drug-likeness (QED) is 0.440. The highest BCUT2D eigenvalue weighted by Crippen LogP contribution is 2.27. The molecule has 1 atom stereocenters. The van der Waals surface area contributed by atoms with E-state index in [1.807, 2.05) is 0 Å². The fourth-order valence-corrected chi connectivity index (χ4v) is 2.38. The Bertz CT molecular complexity index is 513. The molecule has 0 aromatic heterocycles. The minimum atomic E-state index is -1.13. The molecule has 1 aliphatic carbocycles. The summed E-state index contributed by atoms with van der Waals surface area (Å²) in [5.74, 6) is -1.22. The van der Waals surface area contributed by atoms with Crippen molar-refractivity contribution >= 4 is 11.9 Å². The van der Waals surface area contributed by atoms with E-state index in [4.69, 9.17) is 31.3 Å². The van der Waals surface area contributed by atoms with Gasteiger partial charge in [-0.25, -0.2) is 9.59 Å². The number of carbonyl (C=O) groups is 2. The molecule has 1 aromatic carbocycles. The third-order valence-corrected chi connectivity index (χ3v) is 4.18. The molecule has 0 aliphatic heterocycles. The van der Waals surface area contributed by atoms with Crippen LogP contribution in [0.1, 0.15) is 53.3 Å². The summed E-state index contributed by atoms with van der Waals surface area (Å²) in [7, 11) is 0. The number of hydrogen-bond acceptors (Lipinski definition) is 6. The van der Waals surface area contributed by atoms with Crippen molar-refractivity contribution in [2.75, 3.05) is 19.8 Å². The molecule has 0 saturated heterocycles. The van der Waals surface area contributed by atoms with E-state index in [2.05, 4.69) is 0 Å². The molecular weight excluding hydrogens is 354 g/mol. The van der Waals surface area contributed by atoms with Gasteiger partial charge in [-0.05, 0) is 62.6 Å². The summed E-state index contributed by atoms with van der Waals surface area (Å²) in [6, 6.07) is 5.20. The lowest BCUT2D eigenvalue weighted by atomic mass is 9.83. The van der Waals surface area contributed by atoms with Crippen molar-refractivity contribution in [2.24, 2.45) is 17.6 Å². The van der Waals surface area contributed by atoms with Crippen LogP contribution in [0.2, 0.25) is 0 Å². The van der Waals surface area contributed by atoms with Crippen LogP contribution in [0.15, 0.2) is 24.3 Å². The summed E-state index contributed by atoms with van der Waals surface area (Å²) in [6.45, 7) is 2.68. The van der Waals surface area contributed by atoms with Crippen molar-refractivity contribution in [2.45, 2.75) is 38.7 Å². The Labute approximate surface area is 159 Å². The minimum Gasteiger partial charge on any atom is -0.478 e. The van der Waals surface area contributed by atoms with Crippen LogP contribution in [0.3, 0.4) is 0 Å². The largest absolute Gasteiger partial charge is 0.478 e. The lowest BCUT2D eigenvalue weighted by Gasteiger charge is -2.25. The Morgan fingerprint density at radius 1 is 1.00 bits per heavy atom. The average Bonchev–Trinajstić information content (AvgIpc) is 2.69. The van der Waals surface area contributed by atoms with E-state index in [0.717, 1.165) is 31.7 Å². The van der Waals surface area contributed by atoms with E-state index < -0.39 is 11.9 Å². The Kier molecular flexibility index (Phi) is 13.1. The molecule has 0 radical (unpaired) electrons. The maximum atomic E-state index is 10.4. The second kappa shape index (κ2) is 14.1. The predicted molar refractivity (Wildman–Crippen MR) is 101 cm³/mol. The van der Waals surface area contributed by atoms with Gasteiger partial charge in [0.25, 0.3) is 0 Å². The van der Waals surface area contributed by atoms with Gasteiger partial charge in [-0.2, -0.15) is 0 Å².